The summed E-state index contributed by atoms with van der Waals surface area (Å²) in [7, 11) is 0. The average molecular weight is 258 g/mol. The summed E-state index contributed by atoms with van der Waals surface area (Å²) in [5, 5.41) is 7.94. The highest BCUT2D eigenvalue weighted by molar-refractivity contribution is 5.88. The molecule has 1 unspecified atom stereocenters. The van der Waals surface area contributed by atoms with Gasteiger partial charge in [-0.25, -0.2) is 4.79 Å². The minimum Gasteiger partial charge on any atom is -0.368 e. The number of hydrogen-bond acceptors (Lipinski definition) is 4. The summed E-state index contributed by atoms with van der Waals surface area (Å²) in [6.45, 7) is 0.907. The van der Waals surface area contributed by atoms with E-state index >= 15 is 0 Å². The molecule has 2 aromatic rings. The third kappa shape index (κ3) is 4.21. The molecule has 0 bridgehead atoms. The minimum absolute atomic E-state index is 0.338. The van der Waals surface area contributed by atoms with Crippen molar-refractivity contribution in [1.82, 2.24) is 0 Å². The molecular formula is C15H14O4. The molecule has 0 amide bonds. The summed E-state index contributed by atoms with van der Waals surface area (Å²) >= 11 is 0. The fraction of sp³-hybridized carbons (Fsp3) is 0.133. The molecule has 98 valence electrons. The summed E-state index contributed by atoms with van der Waals surface area (Å²) in [4.78, 5) is 14.0. The average Bonchev–Trinajstić information content (AvgIpc) is 3.34. The van der Waals surface area contributed by atoms with Crippen LogP contribution in [0.5, 0.6) is 0 Å². The van der Waals surface area contributed by atoms with Crippen LogP contribution in [0.2, 0.25) is 0 Å². The highest BCUT2D eigenvalue weighted by Crippen LogP contribution is 2.28. The Bertz CT molecular complexity index is 506. The molecule has 19 heavy (non-hydrogen) atoms. The molecule has 4 heteroatoms. The first-order valence-corrected chi connectivity index (χ1v) is 5.88. The first-order chi connectivity index (χ1) is 9.31. The Morgan fingerprint density at radius 1 is 1.05 bits per heavy atom. The predicted molar refractivity (Wildman–Crippen MR) is 69.6 cm³/mol. The minimum atomic E-state index is -0.736. The van der Waals surface area contributed by atoms with Crippen LogP contribution in [0, 0.1) is 0 Å². The van der Waals surface area contributed by atoms with E-state index in [9.17, 15) is 4.79 Å². The Hall–Kier alpha value is -2.17. The summed E-state index contributed by atoms with van der Waals surface area (Å²) < 4.78 is 5.09. The van der Waals surface area contributed by atoms with E-state index in [0.29, 0.717) is 11.7 Å². The van der Waals surface area contributed by atoms with Crippen molar-refractivity contribution >= 4 is 5.97 Å². The van der Waals surface area contributed by atoms with Gasteiger partial charge in [0.15, 0.2) is 0 Å². The lowest BCUT2D eigenvalue weighted by atomic mass is 10.2. The van der Waals surface area contributed by atoms with Crippen LogP contribution in [-0.4, -0.2) is 17.8 Å². The first-order valence-electron chi connectivity index (χ1n) is 5.88. The van der Waals surface area contributed by atoms with Crippen molar-refractivity contribution in [1.29, 1.82) is 0 Å². The molecule has 0 radical (unpaired) electrons. The van der Waals surface area contributed by atoms with E-state index < -0.39 is 5.97 Å². The monoisotopic (exact) mass is 258 g/mol. The van der Waals surface area contributed by atoms with Crippen LogP contribution in [0.1, 0.15) is 22.0 Å². The summed E-state index contributed by atoms with van der Waals surface area (Å²) in [5.41, 5.74) is 1.64. The second-order valence-corrected chi connectivity index (χ2v) is 3.98. The van der Waals surface area contributed by atoms with E-state index in [4.69, 9.17) is 9.99 Å². The van der Waals surface area contributed by atoms with E-state index in [1.165, 1.54) is 5.56 Å². The van der Waals surface area contributed by atoms with Gasteiger partial charge in [0.1, 0.15) is 6.10 Å². The molecule has 1 heterocycles. The SMILES string of the molecule is O=C(OO)c1ccccc1.c1ccc(C2CO2)cc1. The van der Waals surface area contributed by atoms with Gasteiger partial charge in [-0.3, -0.25) is 4.89 Å². The fourth-order valence-corrected chi connectivity index (χ4v) is 1.54. The van der Waals surface area contributed by atoms with Gasteiger partial charge in [-0.05, 0) is 17.7 Å². The van der Waals surface area contributed by atoms with Gasteiger partial charge < -0.3 is 4.74 Å². The first kappa shape index (κ1) is 13.3. The summed E-state index contributed by atoms with van der Waals surface area (Å²) in [5.74, 6) is -0.736. The van der Waals surface area contributed by atoms with Crippen LogP contribution < -0.4 is 0 Å². The zero-order chi connectivity index (χ0) is 13.5. The fourth-order valence-electron chi connectivity index (χ4n) is 1.54. The smallest absolute Gasteiger partial charge is 0.368 e. The Morgan fingerprint density at radius 2 is 1.58 bits per heavy atom. The van der Waals surface area contributed by atoms with Crippen molar-refractivity contribution in [3.63, 3.8) is 0 Å². The number of ether oxygens (including phenoxy) is 1. The molecule has 1 aliphatic heterocycles. The summed E-state index contributed by atoms with van der Waals surface area (Å²) in [6.07, 6.45) is 0.409. The van der Waals surface area contributed by atoms with Gasteiger partial charge >= 0.3 is 5.97 Å². The lowest BCUT2D eigenvalue weighted by Crippen LogP contribution is -2.00. The quantitative estimate of drug-likeness (QED) is 0.511. The molecule has 0 saturated carbocycles. The normalized spacial score (nSPS) is 15.9. The second kappa shape index (κ2) is 6.68. The number of carbonyl (C=O) groups excluding carboxylic acids is 1. The van der Waals surface area contributed by atoms with E-state index in [1.807, 2.05) is 18.2 Å². The van der Waals surface area contributed by atoms with Gasteiger partial charge in [0.25, 0.3) is 0 Å². The van der Waals surface area contributed by atoms with E-state index in [-0.39, 0.29) is 0 Å². The molecule has 1 saturated heterocycles. The largest absolute Gasteiger partial charge is 0.372 e. The van der Waals surface area contributed by atoms with E-state index in [2.05, 4.69) is 17.0 Å². The van der Waals surface area contributed by atoms with Crippen molar-refractivity contribution in [2.45, 2.75) is 6.10 Å². The zero-order valence-corrected chi connectivity index (χ0v) is 10.2. The summed E-state index contributed by atoms with van der Waals surface area (Å²) in [6, 6.07) is 18.5. The van der Waals surface area contributed by atoms with Crippen LogP contribution >= 0.6 is 0 Å². The maximum Gasteiger partial charge on any atom is 0.372 e. The van der Waals surface area contributed by atoms with Crippen LogP contribution in [0.15, 0.2) is 60.7 Å². The van der Waals surface area contributed by atoms with Gasteiger partial charge in [-0.15, -0.1) is 0 Å². The Morgan fingerprint density at radius 3 is 2.05 bits per heavy atom. The van der Waals surface area contributed by atoms with Crippen molar-refractivity contribution in [3.8, 4) is 0 Å². The number of epoxide rings is 1. The van der Waals surface area contributed by atoms with E-state index in [0.717, 1.165) is 6.61 Å². The number of carbonyl (C=O) groups is 1. The number of rotatable bonds is 2. The Kier molecular flexibility index (Phi) is 4.66. The Balaban J connectivity index is 0.000000141. The van der Waals surface area contributed by atoms with Crippen LogP contribution in [0.3, 0.4) is 0 Å². The highest BCUT2D eigenvalue weighted by Gasteiger charge is 2.23. The highest BCUT2D eigenvalue weighted by atomic mass is 17.1. The lowest BCUT2D eigenvalue weighted by Gasteiger charge is -1.92. The molecule has 4 nitrogen and oxygen atoms in total. The standard InChI is InChI=1S/C8H8O.C7H6O3/c1-2-4-7(5-3-1)8-6-9-8;8-7(10-9)6-4-2-1-3-5-6/h1-5,8H,6H2;1-5,9H. The molecule has 1 atom stereocenters. The topological polar surface area (TPSA) is 59.1 Å². The number of benzene rings is 2. The van der Waals surface area contributed by atoms with E-state index in [1.54, 1.807) is 30.3 Å². The van der Waals surface area contributed by atoms with Crippen molar-refractivity contribution in [3.05, 3.63) is 71.8 Å². The molecule has 3 rings (SSSR count). The molecule has 0 spiro atoms. The van der Waals surface area contributed by atoms with Crippen LogP contribution in [0.4, 0.5) is 0 Å². The van der Waals surface area contributed by atoms with Crippen molar-refractivity contribution < 1.29 is 19.7 Å². The molecule has 1 N–H and O–H groups in total. The second-order valence-electron chi connectivity index (χ2n) is 3.98. The lowest BCUT2D eigenvalue weighted by molar-refractivity contribution is -0.182. The maximum absolute atomic E-state index is 10.5. The van der Waals surface area contributed by atoms with Crippen molar-refractivity contribution in [2.24, 2.45) is 0 Å². The molecular weight excluding hydrogens is 244 g/mol. The zero-order valence-electron chi connectivity index (χ0n) is 10.2. The van der Waals surface area contributed by atoms with Gasteiger partial charge in [0.2, 0.25) is 0 Å². The van der Waals surface area contributed by atoms with Gasteiger partial charge in [-0.2, -0.15) is 5.26 Å². The van der Waals surface area contributed by atoms with Crippen LogP contribution in [0.25, 0.3) is 0 Å². The number of hydrogen-bond donors (Lipinski definition) is 1. The van der Waals surface area contributed by atoms with Gasteiger partial charge in [0.05, 0.1) is 12.2 Å². The van der Waals surface area contributed by atoms with Gasteiger partial charge in [0, 0.05) is 0 Å². The Labute approximate surface area is 111 Å². The predicted octanol–water partition coefficient (Wildman–Crippen LogP) is 3.07. The molecule has 2 aromatic carbocycles. The maximum atomic E-state index is 10.5. The molecule has 1 fully saturated rings. The molecule has 0 aromatic heterocycles. The molecule has 0 aliphatic carbocycles. The third-order valence-corrected chi connectivity index (χ3v) is 2.60. The van der Waals surface area contributed by atoms with Crippen LogP contribution in [-0.2, 0) is 9.62 Å². The van der Waals surface area contributed by atoms with Gasteiger partial charge in [-0.1, -0.05) is 48.5 Å². The third-order valence-electron chi connectivity index (χ3n) is 2.60. The molecule has 1 aliphatic rings. The van der Waals surface area contributed by atoms with Crippen molar-refractivity contribution in [2.75, 3.05) is 6.61 Å².